The van der Waals surface area contributed by atoms with Crippen molar-refractivity contribution in [3.05, 3.63) is 40.0 Å². The molecule has 1 aromatic carbocycles. The Kier molecular flexibility index (Phi) is 2.86. The Balaban J connectivity index is 2.33. The highest BCUT2D eigenvalue weighted by Gasteiger charge is 2.03. The van der Waals surface area contributed by atoms with E-state index in [-0.39, 0.29) is 5.62 Å². The molecule has 8 heteroatoms. The zero-order valence-corrected chi connectivity index (χ0v) is 8.88. The molecule has 0 aliphatic rings. The summed E-state index contributed by atoms with van der Waals surface area (Å²) in [5.41, 5.74) is 0.688. The topological polar surface area (TPSA) is 109 Å². The second-order valence-electron chi connectivity index (χ2n) is 3.10. The lowest BCUT2D eigenvalue weighted by atomic mass is 10.2. The van der Waals surface area contributed by atoms with Crippen molar-refractivity contribution >= 4 is 0 Å². The minimum Gasteiger partial charge on any atom is -0.497 e. The van der Waals surface area contributed by atoms with Gasteiger partial charge in [0.15, 0.2) is 10.9 Å². The highest BCUT2D eigenvalue weighted by Crippen LogP contribution is 2.17. The smallest absolute Gasteiger partial charge is 0.315 e. The Hall–Kier alpha value is -2.64. The van der Waals surface area contributed by atoms with Crippen molar-refractivity contribution in [2.45, 2.75) is 0 Å². The molecular formula is C9H9N5O3. The van der Waals surface area contributed by atoms with E-state index in [9.17, 15) is 10.1 Å². The number of aromatic nitrogens is 3. The Morgan fingerprint density at radius 2 is 2.06 bits per heavy atom. The standard InChI is InChI=1S/C9H9N5O3/c1-17-7-4-2-6(3-5-7)8-10-9(12-11-8)13-14(15)16/h2-5H,1H3,(H2,10,11,12,13). The van der Waals surface area contributed by atoms with Crippen molar-refractivity contribution in [2.75, 3.05) is 7.11 Å². The van der Waals surface area contributed by atoms with Crippen molar-refractivity contribution in [2.24, 2.45) is 5.10 Å². The Morgan fingerprint density at radius 1 is 1.35 bits per heavy atom. The molecule has 0 amide bonds. The van der Waals surface area contributed by atoms with Gasteiger partial charge in [-0.25, -0.2) is 10.1 Å². The fourth-order valence-electron chi connectivity index (χ4n) is 1.29. The number of ether oxygens (including phenoxy) is 1. The largest absolute Gasteiger partial charge is 0.497 e. The highest BCUT2D eigenvalue weighted by molar-refractivity contribution is 5.55. The molecule has 0 aliphatic heterocycles. The first kappa shape index (κ1) is 10.9. The quantitative estimate of drug-likeness (QED) is 0.596. The average Bonchev–Trinajstić information content (AvgIpc) is 2.77. The first-order valence-electron chi connectivity index (χ1n) is 4.67. The van der Waals surface area contributed by atoms with E-state index < -0.39 is 5.03 Å². The van der Waals surface area contributed by atoms with Gasteiger partial charge in [0.1, 0.15) is 10.9 Å². The molecule has 17 heavy (non-hydrogen) atoms. The van der Waals surface area contributed by atoms with Gasteiger partial charge in [0.25, 0.3) is 0 Å². The zero-order valence-electron chi connectivity index (χ0n) is 8.88. The van der Waals surface area contributed by atoms with Crippen LogP contribution in [-0.4, -0.2) is 27.3 Å². The van der Waals surface area contributed by atoms with E-state index >= 15 is 0 Å². The third-order valence-corrected chi connectivity index (χ3v) is 2.05. The summed E-state index contributed by atoms with van der Waals surface area (Å²) in [6.45, 7) is 0. The summed E-state index contributed by atoms with van der Waals surface area (Å²) < 4.78 is 5.02. The maximum absolute atomic E-state index is 10.1. The zero-order chi connectivity index (χ0) is 12.3. The summed E-state index contributed by atoms with van der Waals surface area (Å²) >= 11 is 0. The monoisotopic (exact) mass is 235 g/mol. The predicted octanol–water partition coefficient (Wildman–Crippen LogP) is 0.506. The van der Waals surface area contributed by atoms with Gasteiger partial charge in [0.05, 0.1) is 7.11 Å². The van der Waals surface area contributed by atoms with Crippen LogP contribution in [0, 0.1) is 10.1 Å². The number of hydrogen-bond donors (Lipinski definition) is 2. The molecule has 0 aliphatic carbocycles. The molecule has 0 saturated carbocycles. The molecule has 8 nitrogen and oxygen atoms in total. The number of aromatic amines is 2. The van der Waals surface area contributed by atoms with Crippen molar-refractivity contribution in [3.63, 3.8) is 0 Å². The second-order valence-corrected chi connectivity index (χ2v) is 3.10. The molecule has 88 valence electrons. The van der Waals surface area contributed by atoms with E-state index in [1.165, 1.54) is 0 Å². The van der Waals surface area contributed by atoms with E-state index in [0.29, 0.717) is 5.82 Å². The van der Waals surface area contributed by atoms with Crippen LogP contribution in [0.1, 0.15) is 0 Å². The van der Waals surface area contributed by atoms with Crippen LogP contribution in [0.5, 0.6) is 5.75 Å². The first-order chi connectivity index (χ1) is 8.19. The number of nitrogens with one attached hydrogen (secondary N) is 2. The van der Waals surface area contributed by atoms with E-state index in [4.69, 9.17) is 4.74 Å². The van der Waals surface area contributed by atoms with Crippen molar-refractivity contribution in [1.29, 1.82) is 0 Å². The Labute approximate surface area is 95.1 Å². The summed E-state index contributed by atoms with van der Waals surface area (Å²) in [5, 5.41) is 17.5. The number of nitro groups is 1. The van der Waals surface area contributed by atoms with Crippen LogP contribution in [0.3, 0.4) is 0 Å². The molecule has 0 unspecified atom stereocenters. The van der Waals surface area contributed by atoms with Gasteiger partial charge >= 0.3 is 5.62 Å². The molecule has 1 heterocycles. The molecule has 2 aromatic rings. The fourth-order valence-corrected chi connectivity index (χ4v) is 1.29. The van der Waals surface area contributed by atoms with Gasteiger partial charge in [0.2, 0.25) is 0 Å². The van der Waals surface area contributed by atoms with Crippen LogP contribution in [0.2, 0.25) is 0 Å². The van der Waals surface area contributed by atoms with Crippen LogP contribution in [-0.2, 0) is 0 Å². The first-order valence-corrected chi connectivity index (χ1v) is 4.67. The molecule has 0 saturated heterocycles. The van der Waals surface area contributed by atoms with Crippen LogP contribution >= 0.6 is 0 Å². The molecule has 0 fully saturated rings. The van der Waals surface area contributed by atoms with Gasteiger partial charge in [0, 0.05) is 5.56 Å². The SMILES string of the molecule is COc1ccc(-c2nc(=N[N+](=O)[O-])[nH][nH]2)cc1. The molecule has 0 spiro atoms. The van der Waals surface area contributed by atoms with Crippen molar-refractivity contribution in [3.8, 4) is 17.1 Å². The number of hydrogen-bond acceptors (Lipinski definition) is 4. The number of H-pyrrole nitrogens is 2. The number of benzene rings is 1. The average molecular weight is 235 g/mol. The minimum absolute atomic E-state index is 0.0826. The predicted molar refractivity (Wildman–Crippen MR) is 57.5 cm³/mol. The van der Waals surface area contributed by atoms with E-state index in [2.05, 4.69) is 20.3 Å². The van der Waals surface area contributed by atoms with Gasteiger partial charge in [-0.1, -0.05) is 0 Å². The minimum atomic E-state index is -0.815. The Bertz CT molecular complexity index is 583. The third-order valence-electron chi connectivity index (χ3n) is 2.05. The molecule has 2 rings (SSSR count). The number of methoxy groups -OCH3 is 1. The fraction of sp³-hybridized carbons (Fsp3) is 0.111. The Morgan fingerprint density at radius 3 is 2.65 bits per heavy atom. The van der Waals surface area contributed by atoms with E-state index in [1.807, 2.05) is 0 Å². The van der Waals surface area contributed by atoms with Crippen molar-refractivity contribution in [1.82, 2.24) is 15.2 Å². The van der Waals surface area contributed by atoms with Crippen LogP contribution in [0.4, 0.5) is 0 Å². The van der Waals surface area contributed by atoms with Crippen molar-refractivity contribution < 1.29 is 9.77 Å². The van der Waals surface area contributed by atoms with Crippen LogP contribution in [0.25, 0.3) is 11.4 Å². The third kappa shape index (κ3) is 2.48. The summed E-state index contributed by atoms with van der Waals surface area (Å²) in [7, 11) is 1.57. The molecule has 0 atom stereocenters. The number of nitrogens with zero attached hydrogens (tertiary/aromatic N) is 3. The number of rotatable bonds is 3. The normalized spacial score (nSPS) is 11.5. The summed E-state index contributed by atoms with van der Waals surface area (Å²) in [4.78, 5) is 14.1. The van der Waals surface area contributed by atoms with Gasteiger partial charge in [-0.05, 0) is 24.3 Å². The van der Waals surface area contributed by atoms with Crippen LogP contribution in [0.15, 0.2) is 29.4 Å². The molecular weight excluding hydrogens is 226 g/mol. The van der Waals surface area contributed by atoms with Gasteiger partial charge in [-0.2, -0.15) is 4.98 Å². The maximum Gasteiger partial charge on any atom is 0.315 e. The lowest BCUT2D eigenvalue weighted by Gasteiger charge is -1.99. The highest BCUT2D eigenvalue weighted by atomic mass is 16.7. The molecule has 1 aromatic heterocycles. The molecule has 0 bridgehead atoms. The van der Waals surface area contributed by atoms with Gasteiger partial charge in [-0.15, -0.1) is 0 Å². The molecule has 0 radical (unpaired) electrons. The van der Waals surface area contributed by atoms with E-state index in [0.717, 1.165) is 11.3 Å². The van der Waals surface area contributed by atoms with Gasteiger partial charge < -0.3 is 4.74 Å². The second kappa shape index (κ2) is 4.47. The lowest BCUT2D eigenvalue weighted by Crippen LogP contribution is -2.09. The maximum atomic E-state index is 10.1. The van der Waals surface area contributed by atoms with Gasteiger partial charge in [-0.3, -0.25) is 10.2 Å². The summed E-state index contributed by atoms with van der Waals surface area (Å²) in [6, 6.07) is 7.09. The molecule has 2 N–H and O–H groups in total. The summed E-state index contributed by atoms with van der Waals surface area (Å²) in [6.07, 6.45) is 0. The summed E-state index contributed by atoms with van der Waals surface area (Å²) in [5.74, 6) is 1.19. The van der Waals surface area contributed by atoms with E-state index in [1.54, 1.807) is 31.4 Å². The lowest BCUT2D eigenvalue weighted by molar-refractivity contribution is -0.491. The van der Waals surface area contributed by atoms with Crippen LogP contribution < -0.4 is 10.4 Å².